The molecule has 34 heavy (non-hydrogen) atoms. The van der Waals surface area contributed by atoms with Crippen LogP contribution in [0.1, 0.15) is 70.5 Å². The minimum absolute atomic E-state index is 0.0165. The highest BCUT2D eigenvalue weighted by Gasteiger charge is 2.52. The van der Waals surface area contributed by atoms with Gasteiger partial charge in [-0.15, -0.1) is 0 Å². The van der Waals surface area contributed by atoms with Crippen LogP contribution in [0.15, 0.2) is 23.2 Å². The maximum absolute atomic E-state index is 13.4. The van der Waals surface area contributed by atoms with Gasteiger partial charge in [-0.25, -0.2) is 4.99 Å². The molecule has 2 heterocycles. The first-order valence-electron chi connectivity index (χ1n) is 12.2. The maximum Gasteiger partial charge on any atom is 0.231 e. The zero-order chi connectivity index (χ0) is 24.8. The zero-order valence-electron chi connectivity index (χ0n) is 21.2. The summed E-state index contributed by atoms with van der Waals surface area (Å²) < 4.78 is 11.5. The Bertz CT molecular complexity index is 1000. The summed E-state index contributed by atoms with van der Waals surface area (Å²) in [7, 11) is 1.64. The van der Waals surface area contributed by atoms with Crippen LogP contribution in [0.25, 0.3) is 0 Å². The van der Waals surface area contributed by atoms with Gasteiger partial charge in [0, 0.05) is 37.7 Å². The highest BCUT2D eigenvalue weighted by Crippen LogP contribution is 2.47. The lowest BCUT2D eigenvalue weighted by atomic mass is 9.88. The summed E-state index contributed by atoms with van der Waals surface area (Å²) in [6, 6.07) is 5.78. The lowest BCUT2D eigenvalue weighted by Crippen LogP contribution is -2.55. The van der Waals surface area contributed by atoms with Crippen molar-refractivity contribution in [2.75, 3.05) is 13.7 Å². The van der Waals surface area contributed by atoms with Gasteiger partial charge in [0.05, 0.1) is 18.0 Å². The number of fused-ring (bicyclic) bond motifs is 1. The molecule has 1 aromatic carbocycles. The molecular formula is C26H38N4O4. The average Bonchev–Trinajstić information content (AvgIpc) is 3.50. The number of methoxy groups -OCH3 is 1. The molecular weight excluding hydrogens is 432 g/mol. The number of hydrogen-bond donors (Lipinski definition) is 2. The molecule has 0 radical (unpaired) electrons. The van der Waals surface area contributed by atoms with Crippen molar-refractivity contribution in [3.05, 3.63) is 29.3 Å². The van der Waals surface area contributed by atoms with Crippen LogP contribution in [0.4, 0.5) is 0 Å². The van der Waals surface area contributed by atoms with E-state index in [0.29, 0.717) is 32.3 Å². The van der Waals surface area contributed by atoms with Crippen molar-refractivity contribution in [1.29, 1.82) is 0 Å². The fraction of sp³-hybridized carbons (Fsp3) is 0.654. The van der Waals surface area contributed by atoms with E-state index in [1.54, 1.807) is 12.0 Å². The van der Waals surface area contributed by atoms with Gasteiger partial charge in [0.2, 0.25) is 11.8 Å². The van der Waals surface area contributed by atoms with Crippen LogP contribution in [-0.4, -0.2) is 53.6 Å². The number of aliphatic imine (C=N–C) groups is 1. The topological polar surface area (TPSA) is 106 Å². The molecule has 0 bridgehead atoms. The smallest absolute Gasteiger partial charge is 0.231 e. The van der Waals surface area contributed by atoms with Crippen LogP contribution in [0.3, 0.4) is 0 Å². The van der Waals surface area contributed by atoms with Gasteiger partial charge in [0.25, 0.3) is 0 Å². The summed E-state index contributed by atoms with van der Waals surface area (Å²) in [5, 5.41) is 3.28. The van der Waals surface area contributed by atoms with Gasteiger partial charge in [0.15, 0.2) is 5.96 Å². The average molecular weight is 471 g/mol. The number of aryl methyl sites for hydroxylation is 1. The molecule has 4 atom stereocenters. The summed E-state index contributed by atoms with van der Waals surface area (Å²) in [5.41, 5.74) is 7.52. The van der Waals surface area contributed by atoms with Crippen molar-refractivity contribution in [2.24, 2.45) is 22.6 Å². The monoisotopic (exact) mass is 470 g/mol. The molecule has 8 nitrogen and oxygen atoms in total. The van der Waals surface area contributed by atoms with Crippen LogP contribution in [0, 0.1) is 18.8 Å². The first-order valence-corrected chi connectivity index (χ1v) is 12.2. The predicted molar refractivity (Wildman–Crippen MR) is 130 cm³/mol. The molecule has 186 valence electrons. The molecule has 1 aromatic rings. The number of rotatable bonds is 7. The van der Waals surface area contributed by atoms with Crippen LogP contribution in [0.2, 0.25) is 0 Å². The number of guanidine groups is 1. The first-order chi connectivity index (χ1) is 15.9. The summed E-state index contributed by atoms with van der Waals surface area (Å²) in [6.45, 7) is 10.4. The largest absolute Gasteiger partial charge is 0.487 e. The number of amides is 2. The normalized spacial score (nSPS) is 27.8. The molecule has 1 aliphatic carbocycles. The molecule has 4 unspecified atom stereocenters. The molecule has 4 rings (SSSR count). The molecule has 8 heteroatoms. The second-order valence-electron chi connectivity index (χ2n) is 11.2. The Morgan fingerprint density at radius 2 is 2.09 bits per heavy atom. The van der Waals surface area contributed by atoms with E-state index >= 15 is 0 Å². The Morgan fingerprint density at radius 3 is 2.76 bits per heavy atom. The van der Waals surface area contributed by atoms with Crippen molar-refractivity contribution >= 4 is 17.8 Å². The van der Waals surface area contributed by atoms with Crippen LogP contribution in [-0.2, 0) is 14.3 Å². The molecule has 2 amide bonds. The Balaban J connectivity index is 1.51. The van der Waals surface area contributed by atoms with Gasteiger partial charge in [-0.3, -0.25) is 14.5 Å². The highest BCUT2D eigenvalue weighted by atomic mass is 16.5. The standard InChI is InChI=1S/C26H38N4O4/c1-15-7-8-21-18(11-15)19(13-26(4,5)34-21)28-23(32)17-12-16(17)20(9-10-33-6)30-22(31)14-25(2,3)29-24(30)27/h7-8,11,16-17,19-20H,9-10,12-14H2,1-6H3,(H2,27,29)(H,28,32). The van der Waals surface area contributed by atoms with Gasteiger partial charge in [-0.2, -0.15) is 0 Å². The van der Waals surface area contributed by atoms with E-state index in [-0.39, 0.29) is 47.3 Å². The Hall–Kier alpha value is -2.61. The van der Waals surface area contributed by atoms with Crippen molar-refractivity contribution in [3.63, 3.8) is 0 Å². The van der Waals surface area contributed by atoms with E-state index in [1.807, 2.05) is 46.8 Å². The number of nitrogens with zero attached hydrogens (tertiary/aromatic N) is 2. The molecule has 3 N–H and O–H groups in total. The minimum Gasteiger partial charge on any atom is -0.487 e. The van der Waals surface area contributed by atoms with Gasteiger partial charge < -0.3 is 20.5 Å². The van der Waals surface area contributed by atoms with E-state index in [2.05, 4.69) is 16.4 Å². The quantitative estimate of drug-likeness (QED) is 0.637. The molecule has 2 aliphatic heterocycles. The van der Waals surface area contributed by atoms with Crippen LogP contribution >= 0.6 is 0 Å². The lowest BCUT2D eigenvalue weighted by Gasteiger charge is -2.39. The van der Waals surface area contributed by atoms with Crippen molar-refractivity contribution in [1.82, 2.24) is 10.2 Å². The number of nitrogens with one attached hydrogen (secondary N) is 1. The van der Waals surface area contributed by atoms with Crippen LogP contribution < -0.4 is 15.8 Å². The molecule has 0 spiro atoms. The molecule has 1 saturated carbocycles. The highest BCUT2D eigenvalue weighted by molar-refractivity contribution is 5.99. The number of carbonyl (C=O) groups is 2. The zero-order valence-corrected chi connectivity index (χ0v) is 21.2. The fourth-order valence-corrected chi connectivity index (χ4v) is 5.44. The van der Waals surface area contributed by atoms with Crippen molar-refractivity contribution < 1.29 is 19.1 Å². The summed E-state index contributed by atoms with van der Waals surface area (Å²) in [5.74, 6) is 0.894. The van der Waals surface area contributed by atoms with Crippen molar-refractivity contribution in [2.45, 2.75) is 83.5 Å². The number of nitrogens with two attached hydrogens (primary N) is 1. The lowest BCUT2D eigenvalue weighted by molar-refractivity contribution is -0.132. The number of carbonyl (C=O) groups excluding carboxylic acids is 2. The predicted octanol–water partition coefficient (Wildman–Crippen LogP) is 3.08. The summed E-state index contributed by atoms with van der Waals surface area (Å²) in [6.07, 6.45) is 2.32. The number of benzene rings is 1. The second-order valence-corrected chi connectivity index (χ2v) is 11.2. The third kappa shape index (κ3) is 5.06. The van der Waals surface area contributed by atoms with Gasteiger partial charge in [-0.05, 0) is 59.4 Å². The van der Waals surface area contributed by atoms with E-state index in [1.165, 1.54) is 0 Å². The van der Waals surface area contributed by atoms with Crippen molar-refractivity contribution in [3.8, 4) is 5.75 Å². The molecule has 3 aliphatic rings. The first kappa shape index (κ1) is 24.5. The molecule has 0 saturated heterocycles. The molecule has 1 fully saturated rings. The summed E-state index contributed by atoms with van der Waals surface area (Å²) >= 11 is 0. The fourth-order valence-electron chi connectivity index (χ4n) is 5.44. The Morgan fingerprint density at radius 1 is 1.35 bits per heavy atom. The van der Waals surface area contributed by atoms with E-state index < -0.39 is 5.54 Å². The molecule has 0 aromatic heterocycles. The third-order valence-electron chi connectivity index (χ3n) is 7.08. The number of ether oxygens (including phenoxy) is 2. The Labute approximate surface area is 202 Å². The SMILES string of the molecule is COCCC(C1CC1C(=O)NC1CC(C)(C)Oc2ccc(C)cc21)N1C(=O)CC(C)(C)N=C1N. The van der Waals surface area contributed by atoms with Gasteiger partial charge in [-0.1, -0.05) is 17.7 Å². The second kappa shape index (κ2) is 8.87. The summed E-state index contributed by atoms with van der Waals surface area (Å²) in [4.78, 5) is 32.5. The Kier molecular flexibility index (Phi) is 6.40. The van der Waals surface area contributed by atoms with E-state index in [0.717, 1.165) is 16.9 Å². The van der Waals surface area contributed by atoms with Gasteiger partial charge in [0.1, 0.15) is 11.4 Å². The van der Waals surface area contributed by atoms with Gasteiger partial charge >= 0.3 is 0 Å². The maximum atomic E-state index is 13.4. The minimum atomic E-state index is -0.509. The third-order valence-corrected chi connectivity index (χ3v) is 7.08. The van der Waals surface area contributed by atoms with E-state index in [4.69, 9.17) is 15.2 Å². The number of hydrogen-bond acceptors (Lipinski definition) is 6. The van der Waals surface area contributed by atoms with E-state index in [9.17, 15) is 9.59 Å². The van der Waals surface area contributed by atoms with Crippen LogP contribution in [0.5, 0.6) is 5.75 Å².